The summed E-state index contributed by atoms with van der Waals surface area (Å²) >= 11 is 0. The summed E-state index contributed by atoms with van der Waals surface area (Å²) < 4.78 is 15.7. The number of amides is 2. The zero-order chi connectivity index (χ0) is 18.1. The van der Waals surface area contributed by atoms with Crippen LogP contribution in [0, 0.1) is 5.82 Å². The van der Waals surface area contributed by atoms with Crippen LogP contribution in [0.4, 0.5) is 14.9 Å². The molecule has 0 unspecified atom stereocenters. The molecule has 6 heteroatoms. The number of nitrogens with one attached hydrogen (secondary N) is 2. The zero-order valence-electron chi connectivity index (χ0n) is 14.6. The molecule has 1 fully saturated rings. The Bertz CT molecular complexity index is 952. The molecule has 1 aromatic heterocycles. The Kier molecular flexibility index (Phi) is 4.32. The maximum absolute atomic E-state index is 14.0. The van der Waals surface area contributed by atoms with Gasteiger partial charge in [-0.1, -0.05) is 24.3 Å². The highest BCUT2D eigenvalue weighted by molar-refractivity contribution is 6.00. The first kappa shape index (κ1) is 16.6. The van der Waals surface area contributed by atoms with E-state index >= 15 is 0 Å². The molecule has 1 aliphatic rings. The van der Waals surface area contributed by atoms with Crippen LogP contribution < -0.4 is 10.6 Å². The largest absolute Gasteiger partial charge is 0.335 e. The lowest BCUT2D eigenvalue weighted by molar-refractivity contribution is 0.248. The molecule has 2 aromatic carbocycles. The molecular formula is C20H21FN4O. The van der Waals surface area contributed by atoms with Crippen LogP contribution in [0.2, 0.25) is 0 Å². The van der Waals surface area contributed by atoms with Crippen molar-refractivity contribution < 1.29 is 9.18 Å². The number of benzene rings is 2. The van der Waals surface area contributed by atoms with Crippen LogP contribution in [0.1, 0.15) is 30.7 Å². The highest BCUT2D eigenvalue weighted by Gasteiger charge is 2.28. The number of hydrogen-bond acceptors (Lipinski definition) is 2. The summed E-state index contributed by atoms with van der Waals surface area (Å²) in [5, 5.41) is 11.1. The summed E-state index contributed by atoms with van der Waals surface area (Å²) in [6.07, 6.45) is 4.23. The maximum atomic E-state index is 14.0. The summed E-state index contributed by atoms with van der Waals surface area (Å²) in [5.74, 6) is -0.00545. The van der Waals surface area contributed by atoms with E-state index in [-0.39, 0.29) is 23.8 Å². The molecule has 2 atom stereocenters. The minimum atomic E-state index is -0.236. The Morgan fingerprint density at radius 2 is 2.04 bits per heavy atom. The van der Waals surface area contributed by atoms with Gasteiger partial charge in [-0.2, -0.15) is 5.10 Å². The van der Waals surface area contributed by atoms with Gasteiger partial charge in [0.15, 0.2) is 0 Å². The van der Waals surface area contributed by atoms with Gasteiger partial charge in [0.05, 0.1) is 17.4 Å². The zero-order valence-corrected chi connectivity index (χ0v) is 14.6. The summed E-state index contributed by atoms with van der Waals surface area (Å²) in [4.78, 5) is 12.4. The van der Waals surface area contributed by atoms with Crippen molar-refractivity contribution in [3.05, 3.63) is 60.0 Å². The van der Waals surface area contributed by atoms with Crippen LogP contribution in [0.5, 0.6) is 0 Å². The minimum absolute atomic E-state index is 0.0488. The van der Waals surface area contributed by atoms with Gasteiger partial charge in [-0.3, -0.25) is 4.68 Å². The van der Waals surface area contributed by atoms with Gasteiger partial charge < -0.3 is 10.6 Å². The van der Waals surface area contributed by atoms with Gasteiger partial charge in [0.25, 0.3) is 0 Å². The number of hydrogen-bond donors (Lipinski definition) is 2. The molecule has 0 spiro atoms. The van der Waals surface area contributed by atoms with Crippen molar-refractivity contribution in [2.24, 2.45) is 7.05 Å². The van der Waals surface area contributed by atoms with E-state index in [9.17, 15) is 9.18 Å². The Balaban J connectivity index is 1.40. The van der Waals surface area contributed by atoms with Gasteiger partial charge in [-0.15, -0.1) is 0 Å². The molecule has 4 rings (SSSR count). The number of rotatable bonds is 3. The molecule has 0 bridgehead atoms. The number of carbonyl (C=O) groups is 1. The van der Waals surface area contributed by atoms with Crippen LogP contribution in [-0.4, -0.2) is 21.9 Å². The standard InChI is InChI=1S/C20H21FN4O/c1-25-19-8-4-7-18(16(19)12-22-25)24-20(26)23-14-10-9-13(11-14)15-5-2-3-6-17(15)21/h2-8,12-14H,9-11H2,1H3,(H2,23,24,26)/t13-,14-/m1/s1. The molecule has 2 N–H and O–H groups in total. The third kappa shape index (κ3) is 3.14. The number of nitrogens with zero attached hydrogens (tertiary/aromatic N) is 2. The summed E-state index contributed by atoms with van der Waals surface area (Å²) in [6, 6.07) is 12.4. The second-order valence-corrected chi connectivity index (χ2v) is 6.83. The van der Waals surface area contributed by atoms with Crippen LogP contribution in [0.25, 0.3) is 10.9 Å². The SMILES string of the molecule is Cn1ncc2c(NC(=O)N[C@@H]3CC[C@@H](c4ccccc4F)C3)cccc21. The van der Waals surface area contributed by atoms with Crippen LogP contribution in [-0.2, 0) is 7.05 Å². The molecule has 3 aromatic rings. The quantitative estimate of drug-likeness (QED) is 0.743. The fourth-order valence-electron chi connectivity index (χ4n) is 3.83. The van der Waals surface area contributed by atoms with Gasteiger partial charge in [0.2, 0.25) is 0 Å². The van der Waals surface area contributed by atoms with Gasteiger partial charge in [-0.05, 0) is 48.9 Å². The normalized spacial score (nSPS) is 19.6. The maximum Gasteiger partial charge on any atom is 0.319 e. The van der Waals surface area contributed by atoms with E-state index in [4.69, 9.17) is 0 Å². The van der Waals surface area contributed by atoms with Gasteiger partial charge in [0.1, 0.15) is 5.82 Å². The van der Waals surface area contributed by atoms with Crippen LogP contribution >= 0.6 is 0 Å². The van der Waals surface area contributed by atoms with E-state index in [0.29, 0.717) is 0 Å². The second-order valence-electron chi connectivity index (χ2n) is 6.83. The predicted octanol–water partition coefficient (Wildman–Crippen LogP) is 4.17. The van der Waals surface area contributed by atoms with Crippen molar-refractivity contribution in [1.82, 2.24) is 15.1 Å². The third-order valence-electron chi connectivity index (χ3n) is 5.15. The average Bonchev–Trinajstić information content (AvgIpc) is 3.23. The van der Waals surface area contributed by atoms with E-state index in [1.54, 1.807) is 16.9 Å². The number of aryl methyl sites for hydroxylation is 1. The first-order valence-corrected chi connectivity index (χ1v) is 8.84. The van der Waals surface area contributed by atoms with Crippen molar-refractivity contribution >= 4 is 22.6 Å². The Hall–Kier alpha value is -2.89. The number of halogens is 1. The molecule has 1 aliphatic carbocycles. The third-order valence-corrected chi connectivity index (χ3v) is 5.15. The van der Waals surface area contributed by atoms with Crippen molar-refractivity contribution in [2.75, 3.05) is 5.32 Å². The predicted molar refractivity (Wildman–Crippen MR) is 99.6 cm³/mol. The minimum Gasteiger partial charge on any atom is -0.335 e. The van der Waals surface area contributed by atoms with Crippen molar-refractivity contribution in [3.63, 3.8) is 0 Å². The molecule has 134 valence electrons. The van der Waals surface area contributed by atoms with Gasteiger partial charge >= 0.3 is 6.03 Å². The first-order chi connectivity index (χ1) is 12.6. The molecule has 2 amide bonds. The summed E-state index contributed by atoms with van der Waals surface area (Å²) in [7, 11) is 1.87. The van der Waals surface area contributed by atoms with E-state index in [1.807, 2.05) is 37.4 Å². The summed E-state index contributed by atoms with van der Waals surface area (Å²) in [5.41, 5.74) is 2.44. The molecule has 1 saturated carbocycles. The molecule has 26 heavy (non-hydrogen) atoms. The van der Waals surface area contributed by atoms with Gasteiger partial charge in [0, 0.05) is 18.5 Å². The fourth-order valence-corrected chi connectivity index (χ4v) is 3.83. The first-order valence-electron chi connectivity index (χ1n) is 8.84. The lowest BCUT2D eigenvalue weighted by atomic mass is 9.97. The fraction of sp³-hybridized carbons (Fsp3) is 0.300. The molecule has 1 heterocycles. The van der Waals surface area contributed by atoms with E-state index in [0.717, 1.165) is 41.4 Å². The molecule has 0 aliphatic heterocycles. The number of aromatic nitrogens is 2. The number of urea groups is 1. The van der Waals surface area contributed by atoms with E-state index < -0.39 is 0 Å². The summed E-state index contributed by atoms with van der Waals surface area (Å²) in [6.45, 7) is 0. The Morgan fingerprint density at radius 3 is 2.88 bits per heavy atom. The number of carbonyl (C=O) groups excluding carboxylic acids is 1. The van der Waals surface area contributed by atoms with Crippen molar-refractivity contribution in [3.8, 4) is 0 Å². The average molecular weight is 352 g/mol. The highest BCUT2D eigenvalue weighted by Crippen LogP contribution is 2.35. The second kappa shape index (κ2) is 6.78. The lowest BCUT2D eigenvalue weighted by Gasteiger charge is -2.15. The Morgan fingerprint density at radius 1 is 1.19 bits per heavy atom. The molecular weight excluding hydrogens is 331 g/mol. The van der Waals surface area contributed by atoms with Crippen LogP contribution in [0.15, 0.2) is 48.7 Å². The topological polar surface area (TPSA) is 59.0 Å². The lowest BCUT2D eigenvalue weighted by Crippen LogP contribution is -2.36. The molecule has 0 radical (unpaired) electrons. The van der Waals surface area contributed by atoms with Crippen molar-refractivity contribution in [1.29, 1.82) is 0 Å². The van der Waals surface area contributed by atoms with Crippen molar-refractivity contribution in [2.45, 2.75) is 31.2 Å². The number of anilines is 1. The van der Waals surface area contributed by atoms with E-state index in [1.165, 1.54) is 6.07 Å². The van der Waals surface area contributed by atoms with E-state index in [2.05, 4.69) is 15.7 Å². The highest BCUT2D eigenvalue weighted by atomic mass is 19.1. The number of fused-ring (bicyclic) bond motifs is 1. The van der Waals surface area contributed by atoms with Gasteiger partial charge in [-0.25, -0.2) is 9.18 Å². The molecule has 5 nitrogen and oxygen atoms in total. The molecule has 0 saturated heterocycles. The monoisotopic (exact) mass is 352 g/mol. The smallest absolute Gasteiger partial charge is 0.319 e. The Labute approximate surface area is 151 Å². The van der Waals surface area contributed by atoms with Crippen LogP contribution in [0.3, 0.4) is 0 Å².